The van der Waals surface area contributed by atoms with E-state index >= 15 is 0 Å². The molecule has 3 aromatic carbocycles. The van der Waals surface area contributed by atoms with Crippen LogP contribution in [0.3, 0.4) is 0 Å². The molecule has 0 aliphatic heterocycles. The van der Waals surface area contributed by atoms with Gasteiger partial charge >= 0.3 is 13.5 Å². The van der Waals surface area contributed by atoms with Crippen LogP contribution in [0.25, 0.3) is 0 Å². The molecule has 0 bridgehead atoms. The lowest BCUT2D eigenvalue weighted by molar-refractivity contribution is -0.149. The third kappa shape index (κ3) is 7.07. The molecule has 3 unspecified atom stereocenters. The lowest BCUT2D eigenvalue weighted by atomic mass is 9.87. The summed E-state index contributed by atoms with van der Waals surface area (Å²) >= 11 is 0. The predicted octanol–water partition coefficient (Wildman–Crippen LogP) is 7.44. The standard InChI is InChI=1S/C32H40NO6P/c1-20(2)29-18-24(13-15-30(29)34)28-14-12-25-17-27(16-22(5)31(25)28)37-19-40(36,39-26-10-8-7-9-11-26)33-23(6)32(35)38-21(3)4/h7-11,13,15-18,20-21,23,28,34H,12,14,19H2,1-6H3,(H,33,36). The van der Waals surface area contributed by atoms with Gasteiger partial charge in [0.2, 0.25) is 0 Å². The van der Waals surface area contributed by atoms with Gasteiger partial charge in [0.05, 0.1) is 6.10 Å². The topological polar surface area (TPSA) is 94.1 Å². The first-order valence-corrected chi connectivity index (χ1v) is 15.7. The van der Waals surface area contributed by atoms with Crippen LogP contribution in [0, 0.1) is 6.92 Å². The van der Waals surface area contributed by atoms with Crippen LogP contribution in [0.15, 0.2) is 60.7 Å². The number of phenolic OH excluding ortho intramolecular Hbond substituents is 1. The van der Waals surface area contributed by atoms with Crippen LogP contribution in [-0.4, -0.2) is 29.6 Å². The van der Waals surface area contributed by atoms with Crippen LogP contribution in [0.4, 0.5) is 0 Å². The summed E-state index contributed by atoms with van der Waals surface area (Å²) in [5, 5.41) is 13.1. The van der Waals surface area contributed by atoms with Crippen molar-refractivity contribution in [1.29, 1.82) is 0 Å². The van der Waals surface area contributed by atoms with E-state index in [2.05, 4.69) is 31.9 Å². The molecule has 0 amide bonds. The first kappa shape index (κ1) is 29.7. The fourth-order valence-corrected chi connectivity index (χ4v) is 6.89. The van der Waals surface area contributed by atoms with Gasteiger partial charge in [0.1, 0.15) is 23.3 Å². The van der Waals surface area contributed by atoms with Gasteiger partial charge in [-0.15, -0.1) is 0 Å². The van der Waals surface area contributed by atoms with Gasteiger partial charge in [0.25, 0.3) is 0 Å². The third-order valence-corrected chi connectivity index (χ3v) is 8.82. The quantitative estimate of drug-likeness (QED) is 0.184. The molecule has 2 N–H and O–H groups in total. The molecule has 1 aliphatic rings. The van der Waals surface area contributed by atoms with E-state index in [4.69, 9.17) is 14.0 Å². The highest BCUT2D eigenvalue weighted by Crippen LogP contribution is 2.46. The van der Waals surface area contributed by atoms with Crippen LogP contribution < -0.4 is 14.3 Å². The van der Waals surface area contributed by atoms with Crippen LogP contribution in [0.5, 0.6) is 17.2 Å². The van der Waals surface area contributed by atoms with Crippen molar-refractivity contribution < 1.29 is 28.5 Å². The normalized spacial score (nSPS) is 16.9. The second kappa shape index (κ2) is 12.5. The number of hydrogen-bond donors (Lipinski definition) is 2. The minimum atomic E-state index is -3.67. The first-order valence-electron chi connectivity index (χ1n) is 13.9. The number of ether oxygens (including phenoxy) is 2. The van der Waals surface area contributed by atoms with E-state index < -0.39 is 19.5 Å². The van der Waals surface area contributed by atoms with Gasteiger partial charge < -0.3 is 19.1 Å². The van der Waals surface area contributed by atoms with Crippen molar-refractivity contribution in [3.05, 3.63) is 88.5 Å². The number of carbonyl (C=O) groups excluding carboxylic acids is 1. The van der Waals surface area contributed by atoms with E-state index in [-0.39, 0.29) is 24.3 Å². The highest BCUT2D eigenvalue weighted by molar-refractivity contribution is 7.57. The van der Waals surface area contributed by atoms with Gasteiger partial charge in [0, 0.05) is 5.92 Å². The van der Waals surface area contributed by atoms with Crippen LogP contribution >= 0.6 is 7.52 Å². The molecule has 214 valence electrons. The number of para-hydroxylation sites is 1. The van der Waals surface area contributed by atoms with E-state index in [0.29, 0.717) is 17.2 Å². The average Bonchev–Trinajstić information content (AvgIpc) is 3.32. The van der Waals surface area contributed by atoms with Gasteiger partial charge in [-0.05, 0) is 105 Å². The predicted molar refractivity (Wildman–Crippen MR) is 158 cm³/mol. The Morgan fingerprint density at radius 2 is 1.75 bits per heavy atom. The minimum Gasteiger partial charge on any atom is -0.508 e. The summed E-state index contributed by atoms with van der Waals surface area (Å²) in [4.78, 5) is 12.4. The Bertz CT molecular complexity index is 1390. The van der Waals surface area contributed by atoms with E-state index in [1.807, 2.05) is 24.3 Å². The largest absolute Gasteiger partial charge is 0.508 e. The maximum absolute atomic E-state index is 13.9. The highest BCUT2D eigenvalue weighted by atomic mass is 31.2. The van der Waals surface area contributed by atoms with Crippen LogP contribution in [0.2, 0.25) is 0 Å². The molecule has 0 aromatic heterocycles. The molecule has 0 heterocycles. The lowest BCUT2D eigenvalue weighted by Gasteiger charge is -2.24. The number of phenols is 1. The summed E-state index contributed by atoms with van der Waals surface area (Å²) in [6.45, 7) is 11.4. The molecule has 0 saturated carbocycles. The SMILES string of the molecule is Cc1cc(OCP(=O)(NC(C)C(=O)OC(C)C)Oc2ccccc2)cc2c1C(c1ccc(O)c(C(C)C)c1)CC2. The van der Waals surface area contributed by atoms with Gasteiger partial charge in [-0.3, -0.25) is 9.36 Å². The summed E-state index contributed by atoms with van der Waals surface area (Å²) in [6.07, 6.45) is 1.30. The third-order valence-electron chi connectivity index (χ3n) is 7.07. The number of aromatic hydroxyl groups is 1. The fraction of sp³-hybridized carbons (Fsp3) is 0.406. The zero-order valence-corrected chi connectivity index (χ0v) is 25.0. The number of hydrogen-bond acceptors (Lipinski definition) is 6. The minimum absolute atomic E-state index is 0.232. The molecule has 3 atom stereocenters. The number of rotatable bonds is 11. The summed E-state index contributed by atoms with van der Waals surface area (Å²) in [7, 11) is -3.67. The van der Waals surface area contributed by atoms with E-state index in [1.54, 1.807) is 51.1 Å². The van der Waals surface area contributed by atoms with Gasteiger partial charge in [-0.2, -0.15) is 0 Å². The second-order valence-electron chi connectivity index (χ2n) is 11.1. The zero-order chi connectivity index (χ0) is 29.0. The number of fused-ring (bicyclic) bond motifs is 1. The second-order valence-corrected chi connectivity index (χ2v) is 13.1. The van der Waals surface area contributed by atoms with E-state index in [0.717, 1.165) is 24.0 Å². The smallest absolute Gasteiger partial charge is 0.354 e. The molecular weight excluding hydrogens is 525 g/mol. The van der Waals surface area contributed by atoms with Crippen molar-refractivity contribution in [2.75, 3.05) is 6.35 Å². The number of carbonyl (C=O) groups is 1. The van der Waals surface area contributed by atoms with Gasteiger partial charge in [0.15, 0.2) is 6.35 Å². The molecule has 1 aliphatic carbocycles. The van der Waals surface area contributed by atoms with Crippen molar-refractivity contribution in [3.63, 3.8) is 0 Å². The van der Waals surface area contributed by atoms with Crippen molar-refractivity contribution in [3.8, 4) is 17.2 Å². The fourth-order valence-electron chi connectivity index (χ4n) is 5.24. The Morgan fingerprint density at radius 3 is 2.42 bits per heavy atom. The molecule has 0 saturated heterocycles. The number of aryl methyl sites for hydroxylation is 2. The molecule has 4 rings (SSSR count). The summed E-state index contributed by atoms with van der Waals surface area (Å²) in [6, 6.07) is 17.9. The molecule has 8 heteroatoms. The molecule has 40 heavy (non-hydrogen) atoms. The van der Waals surface area contributed by atoms with E-state index in [9.17, 15) is 14.5 Å². The Hall–Kier alpha value is -3.28. The van der Waals surface area contributed by atoms with Crippen LogP contribution in [-0.2, 0) is 20.5 Å². The van der Waals surface area contributed by atoms with Gasteiger partial charge in [-0.25, -0.2) is 5.09 Å². The highest BCUT2D eigenvalue weighted by Gasteiger charge is 2.33. The lowest BCUT2D eigenvalue weighted by Crippen LogP contribution is -2.36. The van der Waals surface area contributed by atoms with Crippen molar-refractivity contribution in [1.82, 2.24) is 5.09 Å². The monoisotopic (exact) mass is 565 g/mol. The summed E-state index contributed by atoms with van der Waals surface area (Å²) in [5.74, 6) is 1.30. The number of esters is 1. The van der Waals surface area contributed by atoms with Crippen molar-refractivity contribution in [2.45, 2.75) is 78.4 Å². The summed E-state index contributed by atoms with van der Waals surface area (Å²) < 4.78 is 31.2. The number of nitrogens with one attached hydrogen (secondary N) is 1. The van der Waals surface area contributed by atoms with Crippen molar-refractivity contribution in [2.24, 2.45) is 0 Å². The molecule has 0 spiro atoms. The van der Waals surface area contributed by atoms with Crippen molar-refractivity contribution >= 4 is 13.5 Å². The van der Waals surface area contributed by atoms with Crippen LogP contribution in [0.1, 0.15) is 80.7 Å². The Labute approximate surface area is 237 Å². The average molecular weight is 566 g/mol. The molecular formula is C32H40NO6P. The molecule has 0 fully saturated rings. The maximum atomic E-state index is 13.9. The Balaban J connectivity index is 1.55. The first-order chi connectivity index (χ1) is 19.0. The zero-order valence-electron chi connectivity index (χ0n) is 24.1. The Morgan fingerprint density at radius 1 is 1.02 bits per heavy atom. The molecule has 3 aromatic rings. The molecule has 7 nitrogen and oxygen atoms in total. The maximum Gasteiger partial charge on any atom is 0.354 e. The number of benzene rings is 3. The Kier molecular flexibility index (Phi) is 9.27. The van der Waals surface area contributed by atoms with Gasteiger partial charge in [-0.1, -0.05) is 44.2 Å². The summed E-state index contributed by atoms with van der Waals surface area (Å²) in [5.41, 5.74) is 5.72. The van der Waals surface area contributed by atoms with E-state index in [1.165, 1.54) is 16.7 Å². The molecule has 0 radical (unpaired) electrons.